The number of anilines is 1. The maximum atomic E-state index is 13.0. The fraction of sp³-hybridized carbons (Fsp3) is 0.367. The summed E-state index contributed by atoms with van der Waals surface area (Å²) in [6, 6.07) is 15.2. The minimum absolute atomic E-state index is 0.00321. The number of aliphatic hydroxyl groups excluding tert-OH is 3. The summed E-state index contributed by atoms with van der Waals surface area (Å²) in [4.78, 5) is 38.3. The van der Waals surface area contributed by atoms with Crippen molar-refractivity contribution < 1.29 is 34.9 Å². The summed E-state index contributed by atoms with van der Waals surface area (Å²) in [6.07, 6.45) is 0.118. The molecule has 0 bridgehead atoms. The largest absolute Gasteiger partial charge is 0.445 e. The van der Waals surface area contributed by atoms with Gasteiger partial charge in [-0.15, -0.1) is 0 Å². The Balaban J connectivity index is 1.25. The van der Waals surface area contributed by atoms with Gasteiger partial charge in [0.25, 0.3) is 5.91 Å². The van der Waals surface area contributed by atoms with Crippen LogP contribution >= 0.6 is 11.6 Å². The topological polar surface area (TPSA) is 195 Å². The van der Waals surface area contributed by atoms with Crippen LogP contribution in [0.1, 0.15) is 30.0 Å². The molecule has 15 heteroatoms. The average Bonchev–Trinajstić information content (AvgIpc) is 3.65. The molecule has 1 aliphatic carbocycles. The number of carbonyl (C=O) groups excluding carboxylic acids is 2. The van der Waals surface area contributed by atoms with E-state index in [9.17, 15) is 30.1 Å². The second kappa shape index (κ2) is 14.6. The number of halogens is 1. The first kappa shape index (κ1) is 32.1. The monoisotopic (exact) mass is 639 g/mol. The summed E-state index contributed by atoms with van der Waals surface area (Å²) < 4.78 is 6.72. The van der Waals surface area contributed by atoms with Gasteiger partial charge >= 0.3 is 6.09 Å². The minimum Gasteiger partial charge on any atom is -0.445 e. The lowest BCUT2D eigenvalue weighted by molar-refractivity contribution is -0.179. The highest BCUT2D eigenvalue weighted by molar-refractivity contribution is 6.28. The summed E-state index contributed by atoms with van der Waals surface area (Å²) in [7, 11) is 0. The molecule has 5 rings (SSSR count). The molecule has 45 heavy (non-hydrogen) atoms. The highest BCUT2D eigenvalue weighted by Crippen LogP contribution is 2.36. The van der Waals surface area contributed by atoms with E-state index in [0.29, 0.717) is 28.5 Å². The van der Waals surface area contributed by atoms with E-state index in [1.807, 2.05) is 36.4 Å². The van der Waals surface area contributed by atoms with E-state index in [4.69, 9.17) is 16.3 Å². The molecule has 1 saturated carbocycles. The molecule has 2 amide bonds. The number of hydrogen-bond acceptors (Lipinski definition) is 11. The Bertz CT molecular complexity index is 1590. The number of alkyl carbamates (subject to hydrolysis) is 1. The quantitative estimate of drug-likeness (QED) is 0.0754. The number of carbonyl (C=O) groups is 2. The maximum absolute atomic E-state index is 13.0. The van der Waals surface area contributed by atoms with Crippen LogP contribution in [0.5, 0.6) is 0 Å². The number of aromatic nitrogens is 4. The van der Waals surface area contributed by atoms with Gasteiger partial charge in [-0.3, -0.25) is 10.0 Å². The van der Waals surface area contributed by atoms with Crippen LogP contribution in [0.3, 0.4) is 0 Å². The van der Waals surface area contributed by atoms with Crippen molar-refractivity contribution in [2.24, 2.45) is 0 Å². The van der Waals surface area contributed by atoms with Crippen LogP contribution in [0.4, 0.5) is 10.6 Å². The highest BCUT2D eigenvalue weighted by Gasteiger charge is 2.41. The molecule has 2 aromatic heterocycles. The Morgan fingerprint density at radius 2 is 1.71 bits per heavy atom. The molecule has 1 aliphatic rings. The summed E-state index contributed by atoms with van der Waals surface area (Å²) in [5.74, 6) is -0.662. The van der Waals surface area contributed by atoms with Crippen LogP contribution in [0.25, 0.3) is 11.2 Å². The number of nitrogens with one attached hydrogen (secondary N) is 2. The molecule has 6 N–H and O–H groups in total. The van der Waals surface area contributed by atoms with E-state index in [1.54, 1.807) is 28.8 Å². The molecule has 0 spiro atoms. The fourth-order valence-corrected chi connectivity index (χ4v) is 5.55. The zero-order chi connectivity index (χ0) is 31.9. The van der Waals surface area contributed by atoms with Gasteiger partial charge in [0.15, 0.2) is 17.0 Å². The molecule has 0 aliphatic heterocycles. The highest BCUT2D eigenvalue weighted by atomic mass is 35.5. The van der Waals surface area contributed by atoms with E-state index in [2.05, 4.69) is 25.6 Å². The number of rotatable bonds is 12. The van der Waals surface area contributed by atoms with Crippen molar-refractivity contribution in [2.75, 3.05) is 18.5 Å². The molecule has 4 aromatic rings. The number of fused-ring (bicyclic) bond motifs is 1. The van der Waals surface area contributed by atoms with Crippen molar-refractivity contribution >= 4 is 40.6 Å². The van der Waals surface area contributed by atoms with Gasteiger partial charge < -0.3 is 35.3 Å². The van der Waals surface area contributed by atoms with Crippen molar-refractivity contribution in [3.05, 3.63) is 83.4 Å². The van der Waals surface area contributed by atoms with Crippen LogP contribution in [0.15, 0.2) is 67.0 Å². The standard InChI is InChI=1S/C30H34ClN7O7/c31-29-35-26(33-20(14-39)11-18-7-3-1-4-8-18)25-27(36-29)37(17-32-25)23-12-21(13-24(23)41)38(44)28(42)22(15-40)34-30(43)45-16-19-9-5-2-6-10-19/h1-10,17,20-24,39-41,44H,11-16H2,(H,34,43)(H,33,35,36)/t20-,21?,22-,23+,24-/m0/s1. The van der Waals surface area contributed by atoms with Gasteiger partial charge in [0.05, 0.1) is 43.8 Å². The van der Waals surface area contributed by atoms with Gasteiger partial charge in [-0.2, -0.15) is 9.97 Å². The molecular weight excluding hydrogens is 606 g/mol. The second-order valence-electron chi connectivity index (χ2n) is 10.8. The zero-order valence-electron chi connectivity index (χ0n) is 24.1. The molecule has 0 saturated heterocycles. The van der Waals surface area contributed by atoms with Gasteiger partial charge in [-0.05, 0) is 42.0 Å². The summed E-state index contributed by atoms with van der Waals surface area (Å²) in [6.45, 7) is -1.02. The lowest BCUT2D eigenvalue weighted by Crippen LogP contribution is -2.52. The predicted molar refractivity (Wildman–Crippen MR) is 162 cm³/mol. The first-order chi connectivity index (χ1) is 21.8. The van der Waals surface area contributed by atoms with Gasteiger partial charge in [-0.25, -0.2) is 14.8 Å². The Hall–Kier alpha value is -4.34. The average molecular weight is 640 g/mol. The Morgan fingerprint density at radius 1 is 1.02 bits per heavy atom. The first-order valence-corrected chi connectivity index (χ1v) is 14.7. The number of imidazole rings is 1. The Kier molecular flexibility index (Phi) is 10.4. The van der Waals surface area contributed by atoms with Gasteiger partial charge in [0, 0.05) is 0 Å². The van der Waals surface area contributed by atoms with Crippen LogP contribution < -0.4 is 10.6 Å². The predicted octanol–water partition coefficient (Wildman–Crippen LogP) is 2.06. The molecule has 2 heterocycles. The third-order valence-electron chi connectivity index (χ3n) is 7.67. The van der Waals surface area contributed by atoms with E-state index in [-0.39, 0.29) is 31.3 Å². The first-order valence-electron chi connectivity index (χ1n) is 14.4. The minimum atomic E-state index is -1.47. The smallest absolute Gasteiger partial charge is 0.408 e. The SMILES string of the molecule is O=C(N[C@@H](CO)C(=O)N(O)C1C[C@@H](n2cnc3c(N[C@H](CO)Cc4ccccc4)nc(Cl)nc32)[C@@H](O)C1)OCc1ccccc1. The number of amides is 2. The zero-order valence-corrected chi connectivity index (χ0v) is 24.9. The number of aliphatic hydroxyl groups is 3. The van der Waals surface area contributed by atoms with Crippen LogP contribution in [-0.2, 0) is 22.6 Å². The molecule has 0 radical (unpaired) electrons. The van der Waals surface area contributed by atoms with Crippen molar-refractivity contribution in [3.8, 4) is 0 Å². The molecule has 238 valence electrons. The number of ether oxygens (including phenoxy) is 1. The van der Waals surface area contributed by atoms with Crippen LogP contribution in [0, 0.1) is 0 Å². The van der Waals surface area contributed by atoms with Gasteiger partial charge in [0.1, 0.15) is 12.6 Å². The molecule has 5 atom stereocenters. The molecular formula is C30H34ClN7O7. The summed E-state index contributed by atoms with van der Waals surface area (Å²) >= 11 is 6.26. The summed E-state index contributed by atoms with van der Waals surface area (Å²) in [5.41, 5.74) is 2.41. The summed E-state index contributed by atoms with van der Waals surface area (Å²) in [5, 5.41) is 47.3. The Morgan fingerprint density at radius 3 is 2.38 bits per heavy atom. The van der Waals surface area contributed by atoms with E-state index in [0.717, 1.165) is 11.1 Å². The van der Waals surface area contributed by atoms with Gasteiger partial charge in [-0.1, -0.05) is 60.7 Å². The lowest BCUT2D eigenvalue weighted by atomic mass is 10.1. The molecule has 1 unspecified atom stereocenters. The fourth-order valence-electron chi connectivity index (χ4n) is 5.39. The Labute approximate surface area is 263 Å². The number of nitrogens with zero attached hydrogens (tertiary/aromatic N) is 5. The molecule has 14 nitrogen and oxygen atoms in total. The van der Waals surface area contributed by atoms with Crippen LogP contribution in [-0.4, -0.2) is 94.6 Å². The van der Waals surface area contributed by atoms with E-state index >= 15 is 0 Å². The third kappa shape index (κ3) is 7.67. The normalized spacial score (nSPS) is 19.2. The van der Waals surface area contributed by atoms with Crippen molar-refractivity contribution in [1.82, 2.24) is 29.9 Å². The maximum Gasteiger partial charge on any atom is 0.408 e. The number of hydroxylamine groups is 2. The number of benzene rings is 2. The van der Waals surface area contributed by atoms with E-state index in [1.165, 1.54) is 6.33 Å². The molecule has 2 aromatic carbocycles. The number of hydrogen-bond donors (Lipinski definition) is 6. The lowest BCUT2D eigenvalue weighted by Gasteiger charge is -2.26. The van der Waals surface area contributed by atoms with Crippen LogP contribution in [0.2, 0.25) is 5.28 Å². The van der Waals surface area contributed by atoms with E-state index < -0.39 is 48.9 Å². The molecule has 1 fully saturated rings. The van der Waals surface area contributed by atoms with Crippen molar-refractivity contribution in [3.63, 3.8) is 0 Å². The van der Waals surface area contributed by atoms with Crippen molar-refractivity contribution in [2.45, 2.75) is 56.1 Å². The second-order valence-corrected chi connectivity index (χ2v) is 11.1. The van der Waals surface area contributed by atoms with Gasteiger partial charge in [0.2, 0.25) is 5.28 Å². The van der Waals surface area contributed by atoms with Crippen molar-refractivity contribution in [1.29, 1.82) is 0 Å². The third-order valence-corrected chi connectivity index (χ3v) is 7.84.